The molecule has 0 saturated carbocycles. The molecular formula is C21H20N6O2. The summed E-state index contributed by atoms with van der Waals surface area (Å²) in [6, 6.07) is 17.3. The van der Waals surface area contributed by atoms with Crippen LogP contribution in [0.15, 0.2) is 67.0 Å². The number of benzene rings is 2. The van der Waals surface area contributed by atoms with E-state index in [1.807, 2.05) is 54.6 Å². The molecule has 0 saturated heterocycles. The van der Waals surface area contributed by atoms with Gasteiger partial charge in [-0.3, -0.25) is 4.98 Å². The van der Waals surface area contributed by atoms with Gasteiger partial charge in [0.2, 0.25) is 5.95 Å². The molecule has 0 atom stereocenters. The lowest BCUT2D eigenvalue weighted by Crippen LogP contribution is -2.14. The zero-order chi connectivity index (χ0) is 19.9. The Morgan fingerprint density at radius 2 is 1.79 bits per heavy atom. The fourth-order valence-electron chi connectivity index (χ4n) is 2.79. The fraction of sp³-hybridized carbons (Fsp3) is 0.143. The van der Waals surface area contributed by atoms with E-state index in [9.17, 15) is 0 Å². The van der Waals surface area contributed by atoms with Gasteiger partial charge in [0, 0.05) is 11.6 Å². The second kappa shape index (κ2) is 8.83. The highest BCUT2D eigenvalue weighted by Crippen LogP contribution is 2.23. The van der Waals surface area contributed by atoms with Crippen molar-refractivity contribution in [2.75, 3.05) is 30.9 Å². The van der Waals surface area contributed by atoms with Crippen LogP contribution >= 0.6 is 0 Å². The SMILES string of the molecule is COc1ccc(OCCNc2nncc(Nc3cccc4cccnc34)n2)cc1. The van der Waals surface area contributed by atoms with E-state index >= 15 is 0 Å². The van der Waals surface area contributed by atoms with Crippen LogP contribution in [0.2, 0.25) is 0 Å². The maximum absolute atomic E-state index is 5.68. The van der Waals surface area contributed by atoms with E-state index < -0.39 is 0 Å². The highest BCUT2D eigenvalue weighted by molar-refractivity contribution is 5.91. The topological polar surface area (TPSA) is 94.1 Å². The molecular weight excluding hydrogens is 368 g/mol. The van der Waals surface area contributed by atoms with Crippen LogP contribution in [0.25, 0.3) is 10.9 Å². The Bertz CT molecular complexity index is 1080. The first-order valence-corrected chi connectivity index (χ1v) is 9.13. The van der Waals surface area contributed by atoms with Crippen LogP contribution in [0.4, 0.5) is 17.5 Å². The number of aromatic nitrogens is 4. The van der Waals surface area contributed by atoms with Gasteiger partial charge < -0.3 is 20.1 Å². The van der Waals surface area contributed by atoms with Gasteiger partial charge in [0.15, 0.2) is 5.82 Å². The van der Waals surface area contributed by atoms with Gasteiger partial charge in [-0.15, -0.1) is 5.10 Å². The molecule has 0 aliphatic rings. The summed E-state index contributed by atoms with van der Waals surface area (Å²) in [5.41, 5.74) is 1.73. The monoisotopic (exact) mass is 388 g/mol. The van der Waals surface area contributed by atoms with Gasteiger partial charge in [-0.25, -0.2) is 0 Å². The van der Waals surface area contributed by atoms with Crippen molar-refractivity contribution in [3.63, 3.8) is 0 Å². The van der Waals surface area contributed by atoms with Crippen molar-refractivity contribution in [2.45, 2.75) is 0 Å². The van der Waals surface area contributed by atoms with Crippen molar-refractivity contribution in [3.05, 3.63) is 67.0 Å². The third kappa shape index (κ3) is 4.67. The highest BCUT2D eigenvalue weighted by Gasteiger charge is 2.05. The second-order valence-corrected chi connectivity index (χ2v) is 6.12. The Balaban J connectivity index is 1.34. The van der Waals surface area contributed by atoms with E-state index in [-0.39, 0.29) is 0 Å². The fourth-order valence-corrected chi connectivity index (χ4v) is 2.79. The normalized spacial score (nSPS) is 10.5. The smallest absolute Gasteiger partial charge is 0.244 e. The predicted molar refractivity (Wildman–Crippen MR) is 112 cm³/mol. The lowest BCUT2D eigenvalue weighted by molar-refractivity contribution is 0.331. The lowest BCUT2D eigenvalue weighted by atomic mass is 10.2. The van der Waals surface area contributed by atoms with Crippen LogP contribution in [0.3, 0.4) is 0 Å². The van der Waals surface area contributed by atoms with Crippen LogP contribution < -0.4 is 20.1 Å². The molecule has 0 aliphatic carbocycles. The Labute approximate surface area is 167 Å². The second-order valence-electron chi connectivity index (χ2n) is 6.12. The first kappa shape index (κ1) is 18.4. The number of fused-ring (bicyclic) bond motifs is 1. The summed E-state index contributed by atoms with van der Waals surface area (Å²) in [4.78, 5) is 8.88. The molecule has 8 heteroatoms. The van der Waals surface area contributed by atoms with Crippen LogP contribution in [0.5, 0.6) is 11.5 Å². The van der Waals surface area contributed by atoms with Gasteiger partial charge in [0.1, 0.15) is 18.1 Å². The quantitative estimate of drug-likeness (QED) is 0.442. The Morgan fingerprint density at radius 3 is 2.66 bits per heavy atom. The van der Waals surface area contributed by atoms with Gasteiger partial charge in [-0.05, 0) is 36.4 Å². The van der Waals surface area contributed by atoms with E-state index in [1.54, 1.807) is 19.5 Å². The standard InChI is InChI=1S/C21H20N6O2/c1-28-16-7-9-17(10-8-16)29-13-12-23-21-26-19(14-24-27-21)25-18-6-2-4-15-5-3-11-22-20(15)18/h2-11,14H,12-13H2,1H3,(H2,23,25,26,27). The number of anilines is 3. The molecule has 146 valence electrons. The van der Waals surface area contributed by atoms with Crippen LogP contribution in [-0.2, 0) is 0 Å². The number of hydrogen-bond acceptors (Lipinski definition) is 8. The molecule has 0 bridgehead atoms. The third-order valence-corrected chi connectivity index (χ3v) is 4.17. The maximum Gasteiger partial charge on any atom is 0.244 e. The average Bonchev–Trinajstić information content (AvgIpc) is 2.78. The van der Waals surface area contributed by atoms with Gasteiger partial charge in [0.05, 0.1) is 31.1 Å². The Morgan fingerprint density at radius 1 is 0.966 bits per heavy atom. The van der Waals surface area contributed by atoms with Crippen molar-refractivity contribution in [1.82, 2.24) is 20.2 Å². The molecule has 0 fully saturated rings. The number of rotatable bonds is 8. The molecule has 0 aliphatic heterocycles. The number of nitrogens with zero attached hydrogens (tertiary/aromatic N) is 4. The summed E-state index contributed by atoms with van der Waals surface area (Å²) in [5, 5.41) is 15.4. The van der Waals surface area contributed by atoms with Crippen LogP contribution in [0, 0.1) is 0 Å². The van der Waals surface area contributed by atoms with Crippen molar-refractivity contribution in [3.8, 4) is 11.5 Å². The number of hydrogen-bond donors (Lipinski definition) is 2. The van der Waals surface area contributed by atoms with Gasteiger partial charge in [-0.1, -0.05) is 18.2 Å². The molecule has 4 aromatic rings. The summed E-state index contributed by atoms with van der Waals surface area (Å²) in [7, 11) is 1.63. The molecule has 0 unspecified atom stereocenters. The van der Waals surface area contributed by atoms with Crippen molar-refractivity contribution in [2.24, 2.45) is 0 Å². The van der Waals surface area contributed by atoms with E-state index in [1.165, 1.54) is 0 Å². The zero-order valence-electron chi connectivity index (χ0n) is 15.9. The minimum absolute atomic E-state index is 0.418. The summed E-state index contributed by atoms with van der Waals surface area (Å²) < 4.78 is 10.8. The Kier molecular flexibility index (Phi) is 5.61. The molecule has 2 N–H and O–H groups in total. The summed E-state index contributed by atoms with van der Waals surface area (Å²) >= 11 is 0. The molecule has 0 spiro atoms. The number of para-hydroxylation sites is 1. The van der Waals surface area contributed by atoms with Gasteiger partial charge in [0.25, 0.3) is 0 Å². The predicted octanol–water partition coefficient (Wildman–Crippen LogP) is 3.66. The molecule has 2 heterocycles. The molecule has 4 rings (SSSR count). The molecule has 2 aromatic heterocycles. The lowest BCUT2D eigenvalue weighted by Gasteiger charge is -2.10. The van der Waals surface area contributed by atoms with E-state index in [0.717, 1.165) is 28.1 Å². The molecule has 8 nitrogen and oxygen atoms in total. The van der Waals surface area contributed by atoms with Crippen molar-refractivity contribution < 1.29 is 9.47 Å². The maximum atomic E-state index is 5.68. The van der Waals surface area contributed by atoms with E-state index in [2.05, 4.69) is 30.8 Å². The van der Waals surface area contributed by atoms with E-state index in [4.69, 9.17) is 9.47 Å². The molecule has 2 aromatic carbocycles. The minimum atomic E-state index is 0.418. The molecule has 0 radical (unpaired) electrons. The molecule has 0 amide bonds. The first-order valence-electron chi connectivity index (χ1n) is 9.13. The highest BCUT2D eigenvalue weighted by atomic mass is 16.5. The van der Waals surface area contributed by atoms with Crippen molar-refractivity contribution in [1.29, 1.82) is 0 Å². The number of methoxy groups -OCH3 is 1. The zero-order valence-corrected chi connectivity index (χ0v) is 15.9. The van der Waals surface area contributed by atoms with Gasteiger partial charge >= 0.3 is 0 Å². The van der Waals surface area contributed by atoms with Gasteiger partial charge in [-0.2, -0.15) is 10.1 Å². The number of nitrogens with one attached hydrogen (secondary N) is 2. The number of ether oxygens (including phenoxy) is 2. The average molecular weight is 388 g/mol. The van der Waals surface area contributed by atoms with Crippen LogP contribution in [-0.4, -0.2) is 40.4 Å². The van der Waals surface area contributed by atoms with Crippen molar-refractivity contribution >= 4 is 28.4 Å². The number of pyridine rings is 1. The van der Waals surface area contributed by atoms with Crippen LogP contribution in [0.1, 0.15) is 0 Å². The minimum Gasteiger partial charge on any atom is -0.497 e. The summed E-state index contributed by atoms with van der Waals surface area (Å²) in [6.07, 6.45) is 3.34. The third-order valence-electron chi connectivity index (χ3n) is 4.17. The summed E-state index contributed by atoms with van der Waals surface area (Å²) in [6.45, 7) is 0.994. The molecule has 29 heavy (non-hydrogen) atoms. The first-order chi connectivity index (χ1) is 14.3. The Hall–Kier alpha value is -3.94. The summed E-state index contributed by atoms with van der Waals surface area (Å²) in [5.74, 6) is 2.56. The van der Waals surface area contributed by atoms with E-state index in [0.29, 0.717) is 24.9 Å². The largest absolute Gasteiger partial charge is 0.497 e.